The Kier molecular flexibility index (Phi) is 3.32. The predicted octanol–water partition coefficient (Wildman–Crippen LogP) is 2.48. The molecule has 1 aromatic rings. The molecule has 0 saturated carbocycles. The second-order valence-corrected chi connectivity index (χ2v) is 6.36. The summed E-state index contributed by atoms with van der Waals surface area (Å²) in [5, 5.41) is 0. The van der Waals surface area contributed by atoms with Crippen molar-refractivity contribution in [2.24, 2.45) is 0 Å². The molecule has 2 heterocycles. The summed E-state index contributed by atoms with van der Waals surface area (Å²) in [6.45, 7) is 4.51. The van der Waals surface area contributed by atoms with Gasteiger partial charge in [0.15, 0.2) is 0 Å². The number of hydrogen-bond donors (Lipinski definition) is 0. The fourth-order valence-electron chi connectivity index (χ4n) is 3.12. The maximum atomic E-state index is 12.7. The predicted molar refractivity (Wildman–Crippen MR) is 80.6 cm³/mol. The van der Waals surface area contributed by atoms with Crippen molar-refractivity contribution in [3.63, 3.8) is 0 Å². The van der Waals surface area contributed by atoms with Gasteiger partial charge in [0.2, 0.25) is 5.91 Å². The van der Waals surface area contributed by atoms with Gasteiger partial charge < -0.3 is 4.90 Å². The van der Waals surface area contributed by atoms with Crippen molar-refractivity contribution >= 4 is 33.4 Å². The van der Waals surface area contributed by atoms with Crippen LogP contribution in [0.25, 0.3) is 0 Å². The standard InChI is InChI=1S/C15H17BrN2O2/c1-9-8-11(5-6-12(9)16)18-10(2)14(19)17-7-3-4-13(17)15(18)20/h5-6,8,10,13H,3-4,7H2,1-2H3. The maximum Gasteiger partial charge on any atom is 0.250 e. The molecule has 2 saturated heterocycles. The molecular weight excluding hydrogens is 320 g/mol. The fourth-order valence-corrected chi connectivity index (χ4v) is 3.37. The highest BCUT2D eigenvalue weighted by molar-refractivity contribution is 9.10. The Bertz CT molecular complexity index is 587. The number of amides is 2. The van der Waals surface area contributed by atoms with Crippen LogP contribution in [0.1, 0.15) is 25.3 Å². The van der Waals surface area contributed by atoms with E-state index < -0.39 is 6.04 Å². The Morgan fingerprint density at radius 2 is 2.00 bits per heavy atom. The average Bonchev–Trinajstić information content (AvgIpc) is 2.90. The molecule has 1 aromatic carbocycles. The Balaban J connectivity index is 2.01. The van der Waals surface area contributed by atoms with Crippen LogP contribution in [0.5, 0.6) is 0 Å². The summed E-state index contributed by atoms with van der Waals surface area (Å²) in [5.41, 5.74) is 1.87. The van der Waals surface area contributed by atoms with Crippen LogP contribution in [0.3, 0.4) is 0 Å². The van der Waals surface area contributed by atoms with Crippen LogP contribution in [0.2, 0.25) is 0 Å². The summed E-state index contributed by atoms with van der Waals surface area (Å²) in [7, 11) is 0. The van der Waals surface area contributed by atoms with Gasteiger partial charge >= 0.3 is 0 Å². The maximum absolute atomic E-state index is 12.7. The minimum Gasteiger partial charge on any atom is -0.329 e. The third-order valence-electron chi connectivity index (χ3n) is 4.22. The molecule has 0 spiro atoms. The number of rotatable bonds is 1. The van der Waals surface area contributed by atoms with Crippen LogP contribution in [0, 0.1) is 6.92 Å². The summed E-state index contributed by atoms with van der Waals surface area (Å²) < 4.78 is 1.01. The molecule has 0 bridgehead atoms. The van der Waals surface area contributed by atoms with Crippen molar-refractivity contribution in [2.75, 3.05) is 11.4 Å². The highest BCUT2D eigenvalue weighted by atomic mass is 79.9. The Labute approximate surface area is 126 Å². The largest absolute Gasteiger partial charge is 0.329 e. The number of piperazine rings is 1. The van der Waals surface area contributed by atoms with E-state index in [2.05, 4.69) is 15.9 Å². The second-order valence-electron chi connectivity index (χ2n) is 5.51. The first kappa shape index (κ1) is 13.6. The second kappa shape index (κ2) is 4.88. The van der Waals surface area contributed by atoms with Crippen LogP contribution in [0.15, 0.2) is 22.7 Å². The molecular formula is C15H17BrN2O2. The van der Waals surface area contributed by atoms with E-state index in [1.807, 2.05) is 32.0 Å². The molecule has 5 heteroatoms. The van der Waals surface area contributed by atoms with Gasteiger partial charge in [-0.2, -0.15) is 0 Å². The molecule has 4 nitrogen and oxygen atoms in total. The smallest absolute Gasteiger partial charge is 0.250 e. The van der Waals surface area contributed by atoms with Crippen LogP contribution >= 0.6 is 15.9 Å². The van der Waals surface area contributed by atoms with Crippen LogP contribution < -0.4 is 4.90 Å². The lowest BCUT2D eigenvalue weighted by atomic mass is 10.0. The van der Waals surface area contributed by atoms with Crippen LogP contribution in [-0.4, -0.2) is 35.3 Å². The van der Waals surface area contributed by atoms with E-state index in [0.29, 0.717) is 6.54 Å². The number of anilines is 1. The zero-order chi connectivity index (χ0) is 14.4. The first-order chi connectivity index (χ1) is 9.50. The summed E-state index contributed by atoms with van der Waals surface area (Å²) in [5.74, 6) is 0.115. The highest BCUT2D eigenvalue weighted by Crippen LogP contribution is 2.32. The molecule has 0 aliphatic carbocycles. The molecule has 3 rings (SSSR count). The molecule has 0 radical (unpaired) electrons. The van der Waals surface area contributed by atoms with Gasteiger partial charge in [-0.15, -0.1) is 0 Å². The van der Waals surface area contributed by atoms with E-state index in [9.17, 15) is 9.59 Å². The molecule has 106 valence electrons. The van der Waals surface area contributed by atoms with Crippen molar-refractivity contribution in [1.29, 1.82) is 0 Å². The molecule has 20 heavy (non-hydrogen) atoms. The summed E-state index contributed by atoms with van der Waals surface area (Å²) in [6.07, 6.45) is 1.70. The Morgan fingerprint density at radius 1 is 1.25 bits per heavy atom. The Hall–Kier alpha value is -1.36. The van der Waals surface area contributed by atoms with Crippen molar-refractivity contribution in [3.05, 3.63) is 28.2 Å². The summed E-state index contributed by atoms with van der Waals surface area (Å²) >= 11 is 3.46. The number of nitrogens with zero attached hydrogens (tertiary/aromatic N) is 2. The van der Waals surface area contributed by atoms with Crippen molar-refractivity contribution in [1.82, 2.24) is 4.90 Å². The molecule has 2 unspecified atom stereocenters. The minimum atomic E-state index is -0.419. The number of fused-ring (bicyclic) bond motifs is 1. The van der Waals surface area contributed by atoms with Gasteiger partial charge in [-0.1, -0.05) is 15.9 Å². The quantitative estimate of drug-likeness (QED) is 0.790. The van der Waals surface area contributed by atoms with E-state index in [1.54, 1.807) is 9.80 Å². The van der Waals surface area contributed by atoms with E-state index >= 15 is 0 Å². The van der Waals surface area contributed by atoms with Gasteiger partial charge in [-0.25, -0.2) is 0 Å². The number of benzene rings is 1. The lowest BCUT2D eigenvalue weighted by molar-refractivity contribution is -0.143. The van der Waals surface area contributed by atoms with Gasteiger partial charge in [0.25, 0.3) is 5.91 Å². The monoisotopic (exact) mass is 336 g/mol. The molecule has 2 fully saturated rings. The van der Waals surface area contributed by atoms with Crippen LogP contribution in [0.4, 0.5) is 5.69 Å². The summed E-state index contributed by atoms with van der Waals surface area (Å²) in [4.78, 5) is 28.5. The number of carbonyl (C=O) groups is 2. The summed E-state index contributed by atoms with van der Waals surface area (Å²) in [6, 6.07) is 5.09. The van der Waals surface area contributed by atoms with Crippen molar-refractivity contribution in [3.8, 4) is 0 Å². The van der Waals surface area contributed by atoms with Gasteiger partial charge in [0.1, 0.15) is 12.1 Å². The van der Waals surface area contributed by atoms with Crippen molar-refractivity contribution < 1.29 is 9.59 Å². The third-order valence-corrected chi connectivity index (χ3v) is 5.11. The van der Waals surface area contributed by atoms with Gasteiger partial charge in [0.05, 0.1) is 0 Å². The van der Waals surface area contributed by atoms with E-state index in [-0.39, 0.29) is 17.9 Å². The number of hydrogen-bond acceptors (Lipinski definition) is 2. The van der Waals surface area contributed by atoms with Gasteiger partial charge in [-0.05, 0) is 50.5 Å². The lowest BCUT2D eigenvalue weighted by Crippen LogP contribution is -2.62. The molecule has 2 aliphatic rings. The van der Waals surface area contributed by atoms with Gasteiger partial charge in [0, 0.05) is 16.7 Å². The molecule has 2 amide bonds. The Morgan fingerprint density at radius 3 is 2.70 bits per heavy atom. The molecule has 0 N–H and O–H groups in total. The number of aryl methyl sites for hydroxylation is 1. The normalized spacial score (nSPS) is 26.1. The average molecular weight is 337 g/mol. The first-order valence-electron chi connectivity index (χ1n) is 6.90. The van der Waals surface area contributed by atoms with E-state index in [4.69, 9.17) is 0 Å². The highest BCUT2D eigenvalue weighted by Gasteiger charge is 2.46. The zero-order valence-electron chi connectivity index (χ0n) is 11.6. The fraction of sp³-hybridized carbons (Fsp3) is 0.467. The van der Waals surface area contributed by atoms with E-state index in [1.165, 1.54) is 0 Å². The molecule has 0 aromatic heterocycles. The van der Waals surface area contributed by atoms with Crippen LogP contribution in [-0.2, 0) is 9.59 Å². The number of carbonyl (C=O) groups excluding carboxylic acids is 2. The third kappa shape index (κ3) is 1.95. The molecule has 2 aliphatic heterocycles. The SMILES string of the molecule is Cc1cc(N2C(=O)C3CCCN3C(=O)C2C)ccc1Br. The topological polar surface area (TPSA) is 40.6 Å². The number of halogens is 1. The lowest BCUT2D eigenvalue weighted by Gasteiger charge is -2.41. The zero-order valence-corrected chi connectivity index (χ0v) is 13.2. The van der Waals surface area contributed by atoms with E-state index in [0.717, 1.165) is 28.6 Å². The van der Waals surface area contributed by atoms with Gasteiger partial charge in [-0.3, -0.25) is 14.5 Å². The molecule has 2 atom stereocenters. The van der Waals surface area contributed by atoms with Crippen molar-refractivity contribution in [2.45, 2.75) is 38.8 Å². The first-order valence-corrected chi connectivity index (χ1v) is 7.69. The minimum absolute atomic E-state index is 0.0522.